The number of anilines is 1. The molecule has 0 heterocycles. The molecule has 0 fully saturated rings. The summed E-state index contributed by atoms with van der Waals surface area (Å²) in [6.07, 6.45) is -0.0763. The monoisotopic (exact) mass is 388 g/mol. The van der Waals surface area contributed by atoms with Crippen LogP contribution in [0.4, 0.5) is 5.69 Å². The summed E-state index contributed by atoms with van der Waals surface area (Å²) in [6.45, 7) is 2.73. The van der Waals surface area contributed by atoms with Crippen LogP contribution < -0.4 is 10.6 Å². The molecule has 2 aromatic rings. The van der Waals surface area contributed by atoms with Gasteiger partial charge in [-0.1, -0.05) is 48.0 Å². The quantitative estimate of drug-likeness (QED) is 0.712. The summed E-state index contributed by atoms with van der Waals surface area (Å²) in [7, 11) is 0. The van der Waals surface area contributed by atoms with Crippen molar-refractivity contribution >= 4 is 35.1 Å². The summed E-state index contributed by atoms with van der Waals surface area (Å²) in [5, 5.41) is 5.90. The lowest BCUT2D eigenvalue weighted by atomic mass is 10.0. The molecule has 0 unspecified atom stereocenters. The highest BCUT2D eigenvalue weighted by atomic mass is 35.5. The number of esters is 1. The average Bonchev–Trinajstić information content (AvgIpc) is 2.64. The predicted molar refractivity (Wildman–Crippen MR) is 103 cm³/mol. The van der Waals surface area contributed by atoms with E-state index in [2.05, 4.69) is 10.6 Å². The van der Waals surface area contributed by atoms with Gasteiger partial charge in [0, 0.05) is 17.6 Å². The van der Waals surface area contributed by atoms with E-state index in [0.717, 1.165) is 11.1 Å². The Bertz CT molecular complexity index is 824. The first-order valence-corrected chi connectivity index (χ1v) is 8.77. The van der Waals surface area contributed by atoms with Crippen molar-refractivity contribution in [2.45, 2.75) is 26.3 Å². The number of halogens is 1. The molecule has 0 aliphatic heterocycles. The Morgan fingerprint density at radius 1 is 1.07 bits per heavy atom. The minimum Gasteiger partial charge on any atom is -0.455 e. The van der Waals surface area contributed by atoms with Crippen LogP contribution in [0.3, 0.4) is 0 Å². The molecule has 2 N–H and O–H groups in total. The molecule has 0 saturated heterocycles. The minimum atomic E-state index is -0.587. The van der Waals surface area contributed by atoms with E-state index < -0.39 is 24.5 Å². The molecule has 0 aliphatic rings. The van der Waals surface area contributed by atoms with Crippen molar-refractivity contribution < 1.29 is 19.1 Å². The molecule has 0 saturated carbocycles. The summed E-state index contributed by atoms with van der Waals surface area (Å²) in [5.41, 5.74) is 2.07. The molecule has 0 spiro atoms. The average molecular weight is 389 g/mol. The molecule has 27 heavy (non-hydrogen) atoms. The molecule has 2 amide bonds. The van der Waals surface area contributed by atoms with Crippen molar-refractivity contribution in [3.8, 4) is 0 Å². The van der Waals surface area contributed by atoms with Gasteiger partial charge in [-0.15, -0.1) is 0 Å². The van der Waals surface area contributed by atoms with Gasteiger partial charge in [0.1, 0.15) is 0 Å². The van der Waals surface area contributed by atoms with Crippen LogP contribution in [0.15, 0.2) is 48.5 Å². The number of hydrogen-bond acceptors (Lipinski definition) is 4. The fourth-order valence-electron chi connectivity index (χ4n) is 2.48. The molecule has 0 aromatic heterocycles. The number of hydrogen-bond donors (Lipinski definition) is 2. The Labute approximate surface area is 162 Å². The van der Waals surface area contributed by atoms with Crippen LogP contribution in [0, 0.1) is 6.92 Å². The van der Waals surface area contributed by atoms with Gasteiger partial charge in [0.25, 0.3) is 5.91 Å². The highest BCUT2D eigenvalue weighted by Crippen LogP contribution is 2.23. The third-order valence-electron chi connectivity index (χ3n) is 3.86. The van der Waals surface area contributed by atoms with E-state index in [0.29, 0.717) is 10.7 Å². The van der Waals surface area contributed by atoms with Crippen LogP contribution in [0.2, 0.25) is 5.02 Å². The van der Waals surface area contributed by atoms with Crippen LogP contribution in [0.5, 0.6) is 0 Å². The van der Waals surface area contributed by atoms with Crippen molar-refractivity contribution in [3.63, 3.8) is 0 Å². The largest absolute Gasteiger partial charge is 0.455 e. The lowest BCUT2D eigenvalue weighted by Crippen LogP contribution is -2.29. The van der Waals surface area contributed by atoms with Crippen molar-refractivity contribution in [3.05, 3.63) is 64.7 Å². The fraction of sp³-hybridized carbons (Fsp3) is 0.250. The number of rotatable bonds is 7. The molecular weight excluding hydrogens is 368 g/mol. The molecule has 142 valence electrons. The van der Waals surface area contributed by atoms with E-state index >= 15 is 0 Å². The molecule has 1 atom stereocenters. The van der Waals surface area contributed by atoms with Gasteiger partial charge in [0.15, 0.2) is 6.61 Å². The zero-order valence-electron chi connectivity index (χ0n) is 15.1. The maximum atomic E-state index is 12.1. The molecule has 0 bridgehead atoms. The Balaban J connectivity index is 1.90. The zero-order chi connectivity index (χ0) is 19.8. The van der Waals surface area contributed by atoms with Gasteiger partial charge in [-0.25, -0.2) is 0 Å². The van der Waals surface area contributed by atoms with E-state index in [1.165, 1.54) is 6.92 Å². The molecular formula is C20H21ClN2O4. The Morgan fingerprint density at radius 3 is 2.44 bits per heavy atom. The highest BCUT2D eigenvalue weighted by molar-refractivity contribution is 6.31. The van der Waals surface area contributed by atoms with Crippen molar-refractivity contribution in [2.24, 2.45) is 0 Å². The third-order valence-corrected chi connectivity index (χ3v) is 4.27. The van der Waals surface area contributed by atoms with E-state index in [4.69, 9.17) is 16.3 Å². The second-order valence-corrected chi connectivity index (χ2v) is 6.40. The highest BCUT2D eigenvalue weighted by Gasteiger charge is 2.19. The molecule has 2 aromatic carbocycles. The minimum absolute atomic E-state index is 0.0763. The number of benzene rings is 2. The van der Waals surface area contributed by atoms with E-state index in [1.54, 1.807) is 25.1 Å². The van der Waals surface area contributed by atoms with Gasteiger partial charge in [-0.05, 0) is 30.2 Å². The number of carbonyl (C=O) groups is 3. The SMILES string of the molecule is CC(=O)N[C@@H](CC(=O)OCC(=O)Nc1cccc(Cl)c1C)c1ccccc1. The van der Waals surface area contributed by atoms with Crippen LogP contribution in [0.1, 0.15) is 30.5 Å². The molecule has 7 heteroatoms. The lowest BCUT2D eigenvalue weighted by molar-refractivity contribution is -0.148. The van der Waals surface area contributed by atoms with Crippen LogP contribution in [-0.4, -0.2) is 24.4 Å². The first-order chi connectivity index (χ1) is 12.9. The van der Waals surface area contributed by atoms with Crippen LogP contribution in [0.25, 0.3) is 0 Å². The Morgan fingerprint density at radius 2 is 1.78 bits per heavy atom. The maximum Gasteiger partial charge on any atom is 0.308 e. The lowest BCUT2D eigenvalue weighted by Gasteiger charge is -2.17. The van der Waals surface area contributed by atoms with Crippen LogP contribution >= 0.6 is 11.6 Å². The number of nitrogens with one attached hydrogen (secondary N) is 2. The molecule has 6 nitrogen and oxygen atoms in total. The van der Waals surface area contributed by atoms with E-state index in [-0.39, 0.29) is 12.3 Å². The topological polar surface area (TPSA) is 84.5 Å². The smallest absolute Gasteiger partial charge is 0.308 e. The fourth-order valence-corrected chi connectivity index (χ4v) is 2.66. The maximum absolute atomic E-state index is 12.1. The van der Waals surface area contributed by atoms with Crippen LogP contribution in [-0.2, 0) is 19.1 Å². The molecule has 2 rings (SSSR count). The molecule has 0 aliphatic carbocycles. The summed E-state index contributed by atoms with van der Waals surface area (Å²) < 4.78 is 5.04. The third kappa shape index (κ3) is 6.42. The Hall–Kier alpha value is -2.86. The second kappa shape index (κ2) is 9.73. The van der Waals surface area contributed by atoms with Crippen molar-refractivity contribution in [1.29, 1.82) is 0 Å². The predicted octanol–water partition coefficient (Wildman–Crippen LogP) is 3.40. The van der Waals surface area contributed by atoms with Gasteiger partial charge >= 0.3 is 5.97 Å². The Kier molecular flexibility index (Phi) is 7.37. The van der Waals surface area contributed by atoms with Crippen molar-refractivity contribution in [1.82, 2.24) is 5.32 Å². The van der Waals surface area contributed by atoms with Gasteiger partial charge in [-0.2, -0.15) is 0 Å². The summed E-state index contributed by atoms with van der Waals surface area (Å²) >= 11 is 6.01. The standard InChI is InChI=1S/C20H21ClN2O4/c1-13-16(21)9-6-10-17(13)23-19(25)12-27-20(26)11-18(22-14(2)24)15-7-4-3-5-8-15/h3-10,18H,11-12H2,1-2H3,(H,22,24)(H,23,25)/t18-/m0/s1. The molecule has 0 radical (unpaired) electrons. The number of carbonyl (C=O) groups excluding carboxylic acids is 3. The summed E-state index contributed by atoms with van der Waals surface area (Å²) in [5.74, 6) is -1.31. The van der Waals surface area contributed by atoms with E-state index in [9.17, 15) is 14.4 Å². The van der Waals surface area contributed by atoms with Gasteiger partial charge < -0.3 is 15.4 Å². The second-order valence-electron chi connectivity index (χ2n) is 5.99. The summed E-state index contributed by atoms with van der Waals surface area (Å²) in [6, 6.07) is 13.7. The summed E-state index contributed by atoms with van der Waals surface area (Å²) in [4.78, 5) is 35.5. The zero-order valence-corrected chi connectivity index (χ0v) is 15.9. The first kappa shape index (κ1) is 20.5. The number of ether oxygens (including phenoxy) is 1. The van der Waals surface area contributed by atoms with Gasteiger partial charge in [0.2, 0.25) is 5.91 Å². The number of amides is 2. The first-order valence-electron chi connectivity index (χ1n) is 8.39. The normalized spacial score (nSPS) is 11.4. The van der Waals surface area contributed by atoms with E-state index in [1.807, 2.05) is 30.3 Å². The van der Waals surface area contributed by atoms with Crippen molar-refractivity contribution in [2.75, 3.05) is 11.9 Å². The van der Waals surface area contributed by atoms with Gasteiger partial charge in [-0.3, -0.25) is 14.4 Å². The van der Waals surface area contributed by atoms with Gasteiger partial charge in [0.05, 0.1) is 12.5 Å².